The van der Waals surface area contributed by atoms with Crippen molar-refractivity contribution < 1.29 is 19.5 Å². The van der Waals surface area contributed by atoms with Gasteiger partial charge in [-0.05, 0) is 42.5 Å². The molecule has 0 heterocycles. The van der Waals surface area contributed by atoms with Gasteiger partial charge >= 0.3 is 5.97 Å². The highest BCUT2D eigenvalue weighted by atomic mass is 35.5. The number of nitrogens with one attached hydrogen (secondary N) is 3. The van der Waals surface area contributed by atoms with Crippen molar-refractivity contribution >= 4 is 46.8 Å². The molecule has 6 N–H and O–H groups in total. The SMILES string of the molecule is N=C(N)NCCC[C@@H](C(=O)O)N(NCc1ccc(Cl)c(Cl)c1)C(=O)CC(=O)CCc1ccccc1. The van der Waals surface area contributed by atoms with Gasteiger partial charge in [-0.15, -0.1) is 0 Å². The second-order valence-electron chi connectivity index (χ2n) is 7.88. The Bertz CT molecular complexity index is 1040. The minimum atomic E-state index is -1.24. The Morgan fingerprint density at radius 1 is 1.06 bits per heavy atom. The zero-order valence-electron chi connectivity index (χ0n) is 19.1. The van der Waals surface area contributed by atoms with Crippen LogP contribution in [0.25, 0.3) is 0 Å². The molecule has 2 aromatic carbocycles. The van der Waals surface area contributed by atoms with Gasteiger partial charge in [0.25, 0.3) is 0 Å². The first-order valence-corrected chi connectivity index (χ1v) is 11.8. The lowest BCUT2D eigenvalue weighted by Gasteiger charge is -2.29. The van der Waals surface area contributed by atoms with Crippen LogP contribution in [0.1, 0.15) is 36.8 Å². The number of Topliss-reactive ketones (excluding diaryl/α,β-unsaturated/α-hetero) is 1. The lowest BCUT2D eigenvalue weighted by molar-refractivity contribution is -0.155. The molecule has 2 aromatic rings. The monoisotopic (exact) mass is 521 g/mol. The molecule has 0 aliphatic carbocycles. The maximum atomic E-state index is 13.1. The van der Waals surface area contributed by atoms with E-state index in [9.17, 15) is 19.5 Å². The number of hydrogen-bond acceptors (Lipinski definition) is 5. The van der Waals surface area contributed by atoms with Crippen LogP contribution in [-0.2, 0) is 27.3 Å². The van der Waals surface area contributed by atoms with Crippen LogP contribution in [0.2, 0.25) is 10.0 Å². The summed E-state index contributed by atoms with van der Waals surface area (Å²) in [5, 5.41) is 21.3. The molecular weight excluding hydrogens is 493 g/mol. The third kappa shape index (κ3) is 9.94. The summed E-state index contributed by atoms with van der Waals surface area (Å²) in [5.74, 6) is -2.39. The summed E-state index contributed by atoms with van der Waals surface area (Å²) >= 11 is 12.0. The molecule has 1 amide bonds. The fraction of sp³-hybridized carbons (Fsp3) is 0.333. The summed E-state index contributed by atoms with van der Waals surface area (Å²) in [4.78, 5) is 37.6. The first-order valence-electron chi connectivity index (χ1n) is 11.0. The Morgan fingerprint density at radius 2 is 1.77 bits per heavy atom. The Kier molecular flexibility index (Phi) is 11.5. The van der Waals surface area contributed by atoms with E-state index in [2.05, 4.69) is 10.7 Å². The van der Waals surface area contributed by atoms with Crippen LogP contribution in [0.4, 0.5) is 0 Å². The standard InChI is InChI=1S/C24H29Cl2N5O4/c25-19-11-9-17(13-20(19)26)15-30-31(21(23(34)35)7-4-12-29-24(27)28)22(33)14-18(32)10-8-16-5-2-1-3-6-16/h1-3,5-6,9,11,13,21,30H,4,7-8,10,12,14-15H2,(H,34,35)(H4,27,28,29)/t21-/m0/s1. The molecule has 2 rings (SSSR count). The maximum Gasteiger partial charge on any atom is 0.328 e. The molecule has 0 spiro atoms. The van der Waals surface area contributed by atoms with E-state index in [1.165, 1.54) is 0 Å². The quantitative estimate of drug-likeness (QED) is 0.0842. The number of ketones is 1. The van der Waals surface area contributed by atoms with E-state index >= 15 is 0 Å². The van der Waals surface area contributed by atoms with E-state index in [0.29, 0.717) is 28.5 Å². The molecule has 0 aliphatic rings. The van der Waals surface area contributed by atoms with Gasteiger partial charge in [-0.1, -0.05) is 59.6 Å². The number of carboxylic acid groups (broad SMARTS) is 1. The predicted octanol–water partition coefficient (Wildman–Crippen LogP) is 3.14. The van der Waals surface area contributed by atoms with Crippen LogP contribution >= 0.6 is 23.2 Å². The van der Waals surface area contributed by atoms with Gasteiger partial charge in [0.2, 0.25) is 5.91 Å². The van der Waals surface area contributed by atoms with Crippen molar-refractivity contribution in [3.05, 3.63) is 69.7 Å². The summed E-state index contributed by atoms with van der Waals surface area (Å²) in [6, 6.07) is 13.1. The second-order valence-corrected chi connectivity index (χ2v) is 8.70. The van der Waals surface area contributed by atoms with Crippen LogP contribution in [0, 0.1) is 5.41 Å². The van der Waals surface area contributed by atoms with Gasteiger partial charge in [0.15, 0.2) is 5.96 Å². The van der Waals surface area contributed by atoms with Gasteiger partial charge < -0.3 is 16.2 Å². The Balaban J connectivity index is 2.10. The summed E-state index contributed by atoms with van der Waals surface area (Å²) in [5.41, 5.74) is 9.77. The Labute approximate surface area is 214 Å². The van der Waals surface area contributed by atoms with Crippen molar-refractivity contribution in [2.24, 2.45) is 5.73 Å². The highest BCUT2D eigenvalue weighted by molar-refractivity contribution is 6.42. The van der Waals surface area contributed by atoms with Crippen LogP contribution in [0.5, 0.6) is 0 Å². The Hall–Kier alpha value is -3.14. The first-order chi connectivity index (χ1) is 16.7. The van der Waals surface area contributed by atoms with Crippen molar-refractivity contribution in [2.45, 2.75) is 44.7 Å². The third-order valence-corrected chi connectivity index (χ3v) is 5.90. The van der Waals surface area contributed by atoms with Crippen molar-refractivity contribution in [1.82, 2.24) is 15.8 Å². The molecule has 0 fully saturated rings. The van der Waals surface area contributed by atoms with Gasteiger partial charge in [-0.25, -0.2) is 10.2 Å². The molecule has 0 aromatic heterocycles. The second kappa shape index (κ2) is 14.3. The van der Waals surface area contributed by atoms with Crippen molar-refractivity contribution in [1.29, 1.82) is 5.41 Å². The summed E-state index contributed by atoms with van der Waals surface area (Å²) in [6.45, 7) is 0.361. The van der Waals surface area contributed by atoms with Gasteiger partial charge in [0.05, 0.1) is 16.5 Å². The lowest BCUT2D eigenvalue weighted by Crippen LogP contribution is -2.53. The largest absolute Gasteiger partial charge is 0.480 e. The van der Waals surface area contributed by atoms with Crippen molar-refractivity contribution in [2.75, 3.05) is 6.54 Å². The number of nitrogens with two attached hydrogens (primary N) is 1. The number of hydrogen-bond donors (Lipinski definition) is 5. The number of guanidine groups is 1. The summed E-state index contributed by atoms with van der Waals surface area (Å²) in [7, 11) is 0. The number of nitrogens with zero attached hydrogens (tertiary/aromatic N) is 1. The number of carboxylic acids is 1. The normalized spacial score (nSPS) is 11.5. The van der Waals surface area contributed by atoms with Gasteiger partial charge in [-0.2, -0.15) is 0 Å². The lowest BCUT2D eigenvalue weighted by atomic mass is 10.1. The summed E-state index contributed by atoms with van der Waals surface area (Å²) < 4.78 is 0. The molecule has 0 saturated carbocycles. The topological polar surface area (TPSA) is 149 Å². The average Bonchev–Trinajstić information content (AvgIpc) is 2.81. The number of hydrazine groups is 1. The highest BCUT2D eigenvalue weighted by Gasteiger charge is 2.30. The molecule has 9 nitrogen and oxygen atoms in total. The number of aliphatic carboxylic acids is 1. The molecule has 35 heavy (non-hydrogen) atoms. The molecule has 0 saturated heterocycles. The number of aryl methyl sites for hydroxylation is 1. The van der Waals surface area contributed by atoms with E-state index in [1.54, 1.807) is 18.2 Å². The molecule has 11 heteroatoms. The number of rotatable bonds is 14. The van der Waals surface area contributed by atoms with Crippen molar-refractivity contribution in [3.63, 3.8) is 0 Å². The average molecular weight is 522 g/mol. The van der Waals surface area contributed by atoms with E-state index in [0.717, 1.165) is 10.6 Å². The van der Waals surface area contributed by atoms with Gasteiger partial charge in [-0.3, -0.25) is 20.0 Å². The maximum absolute atomic E-state index is 13.1. The molecule has 0 unspecified atom stereocenters. The van der Waals surface area contributed by atoms with Gasteiger partial charge in [0, 0.05) is 19.5 Å². The van der Waals surface area contributed by atoms with Gasteiger partial charge in [0.1, 0.15) is 11.8 Å². The van der Waals surface area contributed by atoms with E-state index in [1.807, 2.05) is 30.3 Å². The minimum absolute atomic E-state index is 0.0773. The smallest absolute Gasteiger partial charge is 0.328 e. The molecular formula is C24H29Cl2N5O4. The predicted molar refractivity (Wildman–Crippen MR) is 135 cm³/mol. The molecule has 0 bridgehead atoms. The third-order valence-electron chi connectivity index (χ3n) is 5.16. The number of carbonyl (C=O) groups excluding carboxylic acids is 2. The number of benzene rings is 2. The highest BCUT2D eigenvalue weighted by Crippen LogP contribution is 2.22. The molecule has 1 atom stereocenters. The number of carbonyl (C=O) groups is 3. The zero-order chi connectivity index (χ0) is 25.8. The van der Waals surface area contributed by atoms with E-state index in [-0.39, 0.29) is 37.7 Å². The van der Waals surface area contributed by atoms with Crippen molar-refractivity contribution in [3.8, 4) is 0 Å². The Morgan fingerprint density at radius 3 is 2.40 bits per heavy atom. The number of halogens is 2. The van der Waals surface area contributed by atoms with Crippen LogP contribution < -0.4 is 16.5 Å². The van der Waals surface area contributed by atoms with Crippen LogP contribution in [0.3, 0.4) is 0 Å². The van der Waals surface area contributed by atoms with E-state index in [4.69, 9.17) is 34.3 Å². The van der Waals surface area contributed by atoms with Crippen LogP contribution in [0.15, 0.2) is 48.5 Å². The minimum Gasteiger partial charge on any atom is -0.480 e. The first kappa shape index (κ1) is 28.1. The molecule has 0 radical (unpaired) electrons. The fourth-order valence-electron chi connectivity index (χ4n) is 3.35. The zero-order valence-corrected chi connectivity index (χ0v) is 20.6. The summed E-state index contributed by atoms with van der Waals surface area (Å²) in [6.07, 6.45) is 0.626. The molecule has 188 valence electrons. The molecule has 0 aliphatic heterocycles. The number of amides is 1. The van der Waals surface area contributed by atoms with E-state index < -0.39 is 24.3 Å². The fourth-order valence-corrected chi connectivity index (χ4v) is 3.67. The van der Waals surface area contributed by atoms with Crippen LogP contribution in [-0.4, -0.2) is 46.3 Å².